The molecule has 0 spiro atoms. The molecule has 0 saturated heterocycles. The standard InChI is InChI=1S/C76H147N2O6P/c1-6-8-10-12-14-16-18-20-22-24-26-28-30-32-34-35-36-37-38-39-40-41-42-43-44-46-48-50-52-54-56-58-60-62-64-66-68-70-76(80)77-74(73-84-85(81,82)83-72-71-78(3,4)5)75(79)69-67-65-63-61-59-57-55-53-51-49-47-45-33-31-29-27-25-23-21-19-17-15-13-11-9-7-2/h18,20,24,26,30,32,67,69,74-75,79H,6-17,19,21-23,25,27-29,31,33-66,68,70-73H2,1-5H3,(H-,77,80,81,82)/b20-18-,26-24-,32-30-,69-67+. The van der Waals surface area contributed by atoms with Crippen molar-refractivity contribution in [3.8, 4) is 0 Å². The zero-order valence-electron chi connectivity index (χ0n) is 57.6. The Balaban J connectivity index is 3.98. The minimum Gasteiger partial charge on any atom is -0.756 e. The van der Waals surface area contributed by atoms with E-state index >= 15 is 0 Å². The summed E-state index contributed by atoms with van der Waals surface area (Å²) in [6.07, 6.45) is 91.1. The Morgan fingerprint density at radius 2 is 0.682 bits per heavy atom. The number of quaternary nitrogens is 1. The van der Waals surface area contributed by atoms with Gasteiger partial charge in [-0.1, -0.05) is 364 Å². The first-order chi connectivity index (χ1) is 41.5. The lowest BCUT2D eigenvalue weighted by molar-refractivity contribution is -0.870. The molecule has 0 aliphatic carbocycles. The van der Waals surface area contributed by atoms with Crippen LogP contribution in [-0.2, 0) is 18.4 Å². The number of rotatable bonds is 70. The van der Waals surface area contributed by atoms with Gasteiger partial charge in [0.15, 0.2) is 0 Å². The van der Waals surface area contributed by atoms with Crippen LogP contribution in [0.1, 0.15) is 380 Å². The van der Waals surface area contributed by atoms with Gasteiger partial charge in [0, 0.05) is 6.42 Å². The van der Waals surface area contributed by atoms with Crippen LogP contribution in [0.4, 0.5) is 0 Å². The van der Waals surface area contributed by atoms with Crippen molar-refractivity contribution in [2.24, 2.45) is 0 Å². The second-order valence-corrected chi connectivity index (χ2v) is 28.4. The van der Waals surface area contributed by atoms with Crippen LogP contribution < -0.4 is 10.2 Å². The average molecular weight is 1220 g/mol. The van der Waals surface area contributed by atoms with Crippen molar-refractivity contribution in [2.75, 3.05) is 40.9 Å². The second kappa shape index (κ2) is 66.9. The summed E-state index contributed by atoms with van der Waals surface area (Å²) in [5, 5.41) is 14.0. The predicted octanol–water partition coefficient (Wildman–Crippen LogP) is 23.5. The third-order valence-electron chi connectivity index (χ3n) is 17.3. The minimum absolute atomic E-state index is 0.000812. The molecule has 85 heavy (non-hydrogen) atoms. The Labute approximate surface area is 530 Å². The molecule has 9 heteroatoms. The molecular weight excluding hydrogens is 1070 g/mol. The molecule has 0 aliphatic heterocycles. The Morgan fingerprint density at radius 1 is 0.412 bits per heavy atom. The van der Waals surface area contributed by atoms with Crippen LogP contribution in [-0.4, -0.2) is 68.5 Å². The van der Waals surface area contributed by atoms with E-state index in [1.165, 1.54) is 308 Å². The first-order valence-electron chi connectivity index (χ1n) is 37.5. The molecule has 3 unspecified atom stereocenters. The average Bonchev–Trinajstić information content (AvgIpc) is 3.49. The molecule has 3 atom stereocenters. The van der Waals surface area contributed by atoms with Gasteiger partial charge in [-0.15, -0.1) is 0 Å². The summed E-state index contributed by atoms with van der Waals surface area (Å²) < 4.78 is 23.5. The fraction of sp³-hybridized carbons (Fsp3) is 0.882. The van der Waals surface area contributed by atoms with E-state index in [1.807, 2.05) is 27.2 Å². The van der Waals surface area contributed by atoms with Crippen LogP contribution in [0, 0.1) is 0 Å². The summed E-state index contributed by atoms with van der Waals surface area (Å²) in [4.78, 5) is 25.7. The van der Waals surface area contributed by atoms with E-state index in [-0.39, 0.29) is 19.1 Å². The van der Waals surface area contributed by atoms with Crippen LogP contribution in [0.2, 0.25) is 0 Å². The van der Waals surface area contributed by atoms with Gasteiger partial charge in [-0.05, 0) is 57.8 Å². The van der Waals surface area contributed by atoms with Crippen molar-refractivity contribution in [2.45, 2.75) is 392 Å². The molecule has 0 fully saturated rings. The van der Waals surface area contributed by atoms with E-state index < -0.39 is 20.0 Å². The number of phosphoric acid groups is 1. The molecule has 502 valence electrons. The Kier molecular flexibility index (Phi) is 65.7. The summed E-state index contributed by atoms with van der Waals surface area (Å²) >= 11 is 0. The summed E-state index contributed by atoms with van der Waals surface area (Å²) in [5.74, 6) is -0.190. The number of carbonyl (C=O) groups excluding carboxylic acids is 1. The van der Waals surface area contributed by atoms with Gasteiger partial charge in [0.25, 0.3) is 7.82 Å². The van der Waals surface area contributed by atoms with Crippen LogP contribution >= 0.6 is 7.82 Å². The van der Waals surface area contributed by atoms with Crippen LogP contribution in [0.15, 0.2) is 48.6 Å². The van der Waals surface area contributed by atoms with E-state index in [0.29, 0.717) is 17.4 Å². The Hall–Kier alpha value is -1.54. The first kappa shape index (κ1) is 83.5. The molecule has 0 heterocycles. The quantitative estimate of drug-likeness (QED) is 0.0272. The maximum absolute atomic E-state index is 13.1. The lowest BCUT2D eigenvalue weighted by atomic mass is 10.0. The number of likely N-dealkylation sites (N-methyl/N-ethyl adjacent to an activating group) is 1. The van der Waals surface area contributed by atoms with E-state index in [4.69, 9.17) is 9.05 Å². The van der Waals surface area contributed by atoms with E-state index in [2.05, 4.69) is 55.6 Å². The van der Waals surface area contributed by atoms with E-state index in [0.717, 1.165) is 51.4 Å². The monoisotopic (exact) mass is 1220 g/mol. The number of aliphatic hydroxyl groups excluding tert-OH is 1. The summed E-state index contributed by atoms with van der Waals surface area (Å²) in [6.45, 7) is 4.70. The lowest BCUT2D eigenvalue weighted by Crippen LogP contribution is -2.45. The van der Waals surface area contributed by atoms with Gasteiger partial charge in [0.2, 0.25) is 5.91 Å². The highest BCUT2D eigenvalue weighted by molar-refractivity contribution is 7.45. The second-order valence-electron chi connectivity index (χ2n) is 27.0. The molecule has 0 aromatic carbocycles. The fourth-order valence-corrected chi connectivity index (χ4v) is 12.2. The number of amides is 1. The molecule has 0 rings (SSSR count). The number of hydrogen-bond donors (Lipinski definition) is 2. The van der Waals surface area contributed by atoms with Gasteiger partial charge < -0.3 is 28.8 Å². The third-order valence-corrected chi connectivity index (χ3v) is 18.2. The van der Waals surface area contributed by atoms with Gasteiger partial charge >= 0.3 is 0 Å². The SMILES string of the molecule is CCCCCCC/C=C\C/C=C\C/C=C\CCCCCCCCCCCCCCCCCCCCCCCCC(=O)NC(COP(=O)([O-])OCC[N+](C)(C)C)C(O)/C=C/CCCCCCCCCCCCCCCCCCCCCCCCCC. The van der Waals surface area contributed by atoms with Crippen LogP contribution in [0.5, 0.6) is 0 Å². The molecule has 8 nitrogen and oxygen atoms in total. The number of nitrogens with zero attached hydrogens (tertiary/aromatic N) is 1. The smallest absolute Gasteiger partial charge is 0.268 e. The van der Waals surface area contributed by atoms with Gasteiger partial charge in [-0.3, -0.25) is 9.36 Å². The molecule has 1 amide bonds. The number of allylic oxidation sites excluding steroid dienone is 7. The number of carbonyl (C=O) groups is 1. The third kappa shape index (κ3) is 69.8. The van der Waals surface area contributed by atoms with Crippen molar-refractivity contribution in [3.63, 3.8) is 0 Å². The minimum atomic E-state index is -4.60. The zero-order valence-corrected chi connectivity index (χ0v) is 58.5. The Morgan fingerprint density at radius 3 is 0.988 bits per heavy atom. The number of unbranched alkanes of at least 4 members (excludes halogenated alkanes) is 51. The fourth-order valence-electron chi connectivity index (χ4n) is 11.5. The topological polar surface area (TPSA) is 108 Å². The number of nitrogens with one attached hydrogen (secondary N) is 1. The van der Waals surface area contributed by atoms with E-state index in [1.54, 1.807) is 6.08 Å². The van der Waals surface area contributed by atoms with Gasteiger partial charge in [-0.2, -0.15) is 0 Å². The number of aliphatic hydroxyl groups is 1. The van der Waals surface area contributed by atoms with Gasteiger partial charge in [-0.25, -0.2) is 0 Å². The Bertz CT molecular complexity index is 1530. The van der Waals surface area contributed by atoms with E-state index in [9.17, 15) is 19.4 Å². The largest absolute Gasteiger partial charge is 0.756 e. The molecular formula is C76H147N2O6P. The highest BCUT2D eigenvalue weighted by atomic mass is 31.2. The molecule has 0 aromatic heterocycles. The molecule has 0 bridgehead atoms. The van der Waals surface area contributed by atoms with Gasteiger partial charge in [0.05, 0.1) is 39.9 Å². The molecule has 2 N–H and O–H groups in total. The molecule has 0 aromatic rings. The summed E-state index contributed by atoms with van der Waals surface area (Å²) in [5.41, 5.74) is 0. The summed E-state index contributed by atoms with van der Waals surface area (Å²) in [6, 6.07) is -0.887. The molecule has 0 radical (unpaired) electrons. The van der Waals surface area contributed by atoms with Crippen molar-refractivity contribution >= 4 is 13.7 Å². The zero-order chi connectivity index (χ0) is 61.9. The normalized spacial score (nSPS) is 13.8. The number of phosphoric ester groups is 1. The maximum atomic E-state index is 13.1. The lowest BCUT2D eigenvalue weighted by Gasteiger charge is -2.29. The highest BCUT2D eigenvalue weighted by Crippen LogP contribution is 2.38. The molecule has 0 aliphatic rings. The highest BCUT2D eigenvalue weighted by Gasteiger charge is 2.23. The first-order valence-corrected chi connectivity index (χ1v) is 39.0. The van der Waals surface area contributed by atoms with Crippen molar-refractivity contribution in [1.82, 2.24) is 5.32 Å². The molecule has 0 saturated carbocycles. The maximum Gasteiger partial charge on any atom is 0.268 e. The van der Waals surface area contributed by atoms with Gasteiger partial charge in [0.1, 0.15) is 13.2 Å². The predicted molar refractivity (Wildman–Crippen MR) is 371 cm³/mol. The van der Waals surface area contributed by atoms with Crippen molar-refractivity contribution in [1.29, 1.82) is 0 Å². The van der Waals surface area contributed by atoms with Crippen LogP contribution in [0.25, 0.3) is 0 Å². The van der Waals surface area contributed by atoms with Crippen molar-refractivity contribution in [3.05, 3.63) is 48.6 Å². The van der Waals surface area contributed by atoms with Crippen molar-refractivity contribution < 1.29 is 32.9 Å². The number of hydrogen-bond acceptors (Lipinski definition) is 6. The summed E-state index contributed by atoms with van der Waals surface area (Å²) in [7, 11) is 1.28. The van der Waals surface area contributed by atoms with Crippen LogP contribution in [0.3, 0.4) is 0 Å².